The number of ketones is 1. The van der Waals surface area contributed by atoms with Crippen LogP contribution in [0.1, 0.15) is 27.7 Å². The molecule has 0 aromatic rings. The van der Waals surface area contributed by atoms with Gasteiger partial charge in [-0.2, -0.15) is 13.1 Å². The molecular formula is C9H20N2O3S. The van der Waals surface area contributed by atoms with Crippen molar-refractivity contribution in [3.05, 3.63) is 0 Å². The number of nitrogens with one attached hydrogen (secondary N) is 2. The quantitative estimate of drug-likeness (QED) is 0.667. The van der Waals surface area contributed by atoms with Gasteiger partial charge in [0, 0.05) is 12.5 Å². The molecule has 0 saturated carbocycles. The van der Waals surface area contributed by atoms with Gasteiger partial charge < -0.3 is 0 Å². The van der Waals surface area contributed by atoms with Gasteiger partial charge in [0.05, 0.1) is 6.54 Å². The van der Waals surface area contributed by atoms with Gasteiger partial charge in [-0.3, -0.25) is 4.79 Å². The predicted octanol–water partition coefficient (Wildman–Crippen LogP) is 0.292. The molecular weight excluding hydrogens is 216 g/mol. The second kappa shape index (κ2) is 6.19. The van der Waals surface area contributed by atoms with E-state index in [9.17, 15) is 13.2 Å². The first-order valence-electron chi connectivity index (χ1n) is 5.01. The molecule has 0 unspecified atom stereocenters. The van der Waals surface area contributed by atoms with Gasteiger partial charge in [0.15, 0.2) is 0 Å². The summed E-state index contributed by atoms with van der Waals surface area (Å²) in [5.41, 5.74) is 0. The van der Waals surface area contributed by atoms with E-state index in [1.807, 2.05) is 13.8 Å². The summed E-state index contributed by atoms with van der Waals surface area (Å²) in [6.07, 6.45) is 0. The van der Waals surface area contributed by atoms with Crippen LogP contribution in [-0.2, 0) is 15.0 Å². The summed E-state index contributed by atoms with van der Waals surface area (Å²) < 4.78 is 27.1. The van der Waals surface area contributed by atoms with Crippen molar-refractivity contribution in [1.29, 1.82) is 0 Å². The average Bonchev–Trinajstić information content (AvgIpc) is 2.11. The van der Waals surface area contributed by atoms with Crippen molar-refractivity contribution in [3.8, 4) is 0 Å². The van der Waals surface area contributed by atoms with Gasteiger partial charge in [-0.25, -0.2) is 4.72 Å². The molecule has 6 heteroatoms. The highest BCUT2D eigenvalue weighted by molar-refractivity contribution is 7.87. The summed E-state index contributed by atoms with van der Waals surface area (Å²) in [7, 11) is -3.53. The molecule has 0 aromatic carbocycles. The lowest BCUT2D eigenvalue weighted by molar-refractivity contribution is -0.120. The molecule has 0 fully saturated rings. The first-order valence-corrected chi connectivity index (χ1v) is 6.50. The van der Waals surface area contributed by atoms with Gasteiger partial charge >= 0.3 is 0 Å². The molecule has 0 spiro atoms. The van der Waals surface area contributed by atoms with Crippen LogP contribution in [0.4, 0.5) is 0 Å². The van der Waals surface area contributed by atoms with Crippen LogP contribution < -0.4 is 9.44 Å². The summed E-state index contributed by atoms with van der Waals surface area (Å²) in [5.74, 6) is -0.0369. The molecule has 15 heavy (non-hydrogen) atoms. The highest BCUT2D eigenvalue weighted by atomic mass is 32.2. The summed E-state index contributed by atoms with van der Waals surface area (Å²) in [6, 6.07) is 0. The van der Waals surface area contributed by atoms with Crippen LogP contribution in [0.25, 0.3) is 0 Å². The summed E-state index contributed by atoms with van der Waals surface area (Å²) in [4.78, 5) is 11.2. The fraction of sp³-hybridized carbons (Fsp3) is 0.889. The van der Waals surface area contributed by atoms with Gasteiger partial charge in [-0.15, -0.1) is 0 Å². The largest absolute Gasteiger partial charge is 0.298 e. The summed E-state index contributed by atoms with van der Waals surface area (Å²) in [6.45, 7) is 7.50. The van der Waals surface area contributed by atoms with Crippen LogP contribution in [0.15, 0.2) is 0 Å². The maximum Gasteiger partial charge on any atom is 0.277 e. The van der Waals surface area contributed by atoms with Crippen LogP contribution in [0.2, 0.25) is 0 Å². The van der Waals surface area contributed by atoms with Crippen molar-refractivity contribution in [3.63, 3.8) is 0 Å². The minimum absolute atomic E-state index is 0.120. The highest BCUT2D eigenvalue weighted by Crippen LogP contribution is 1.93. The number of hydrogen-bond acceptors (Lipinski definition) is 3. The number of hydrogen-bond donors (Lipinski definition) is 2. The van der Waals surface area contributed by atoms with Crippen LogP contribution in [0.3, 0.4) is 0 Å². The van der Waals surface area contributed by atoms with Crippen molar-refractivity contribution in [2.45, 2.75) is 27.7 Å². The summed E-state index contributed by atoms with van der Waals surface area (Å²) in [5, 5.41) is 0. The Hall–Kier alpha value is -0.460. The lowest BCUT2D eigenvalue weighted by atomic mass is 10.1. The van der Waals surface area contributed by atoms with Crippen LogP contribution in [0, 0.1) is 11.8 Å². The van der Waals surface area contributed by atoms with Gasteiger partial charge in [0.2, 0.25) is 0 Å². The molecule has 0 aromatic heterocycles. The van der Waals surface area contributed by atoms with E-state index >= 15 is 0 Å². The van der Waals surface area contributed by atoms with Crippen molar-refractivity contribution in [1.82, 2.24) is 9.44 Å². The molecule has 0 aliphatic carbocycles. The van der Waals surface area contributed by atoms with E-state index in [0.717, 1.165) is 0 Å². The fourth-order valence-electron chi connectivity index (χ4n) is 0.698. The molecule has 5 nitrogen and oxygen atoms in total. The molecule has 90 valence electrons. The monoisotopic (exact) mass is 236 g/mol. The zero-order valence-electron chi connectivity index (χ0n) is 9.70. The first kappa shape index (κ1) is 14.5. The van der Waals surface area contributed by atoms with Gasteiger partial charge in [0.25, 0.3) is 10.2 Å². The molecule has 0 radical (unpaired) electrons. The first-order chi connectivity index (χ1) is 6.74. The second-order valence-corrected chi connectivity index (χ2v) is 5.77. The van der Waals surface area contributed by atoms with Crippen LogP contribution in [-0.4, -0.2) is 27.3 Å². The van der Waals surface area contributed by atoms with E-state index in [4.69, 9.17) is 0 Å². The van der Waals surface area contributed by atoms with Gasteiger partial charge in [-0.1, -0.05) is 27.7 Å². The van der Waals surface area contributed by atoms with Gasteiger partial charge in [-0.05, 0) is 5.92 Å². The topological polar surface area (TPSA) is 75.3 Å². The third-order valence-corrected chi connectivity index (χ3v) is 2.83. The van der Waals surface area contributed by atoms with Gasteiger partial charge in [0.1, 0.15) is 5.78 Å². The highest BCUT2D eigenvalue weighted by Gasteiger charge is 2.13. The third kappa shape index (κ3) is 7.47. The minimum atomic E-state index is -3.53. The Morgan fingerprint density at radius 3 is 2.07 bits per heavy atom. The molecule has 0 amide bonds. The number of rotatable bonds is 7. The zero-order chi connectivity index (χ0) is 12.1. The maximum atomic E-state index is 11.3. The lowest BCUT2D eigenvalue weighted by Crippen LogP contribution is -2.41. The molecule has 0 heterocycles. The molecule has 0 bridgehead atoms. The molecule has 2 N–H and O–H groups in total. The Morgan fingerprint density at radius 2 is 1.67 bits per heavy atom. The smallest absolute Gasteiger partial charge is 0.277 e. The standard InChI is InChI=1S/C9H20N2O3S/c1-7(2)5-10-15(13,14)11-6-9(12)8(3)4/h7-8,10-11H,5-6H2,1-4H3. The molecule has 0 aliphatic rings. The van der Waals surface area contributed by atoms with E-state index in [1.54, 1.807) is 13.8 Å². The number of carbonyl (C=O) groups excluding carboxylic acids is 1. The molecule has 0 saturated heterocycles. The van der Waals surface area contributed by atoms with Crippen molar-refractivity contribution >= 4 is 16.0 Å². The normalized spacial score (nSPS) is 12.4. The van der Waals surface area contributed by atoms with Crippen molar-refractivity contribution < 1.29 is 13.2 Å². The lowest BCUT2D eigenvalue weighted by Gasteiger charge is -2.10. The SMILES string of the molecule is CC(C)CNS(=O)(=O)NCC(=O)C(C)C. The Balaban J connectivity index is 4.00. The van der Waals surface area contributed by atoms with E-state index in [1.165, 1.54) is 0 Å². The Labute approximate surface area is 91.8 Å². The number of carbonyl (C=O) groups is 1. The van der Waals surface area contributed by atoms with Crippen molar-refractivity contribution in [2.24, 2.45) is 11.8 Å². The Bertz CT molecular complexity index is 296. The zero-order valence-corrected chi connectivity index (χ0v) is 10.5. The van der Waals surface area contributed by atoms with Crippen LogP contribution in [0.5, 0.6) is 0 Å². The summed E-state index contributed by atoms with van der Waals surface area (Å²) >= 11 is 0. The molecule has 0 aliphatic heterocycles. The maximum absolute atomic E-state index is 11.3. The second-order valence-electron chi connectivity index (χ2n) is 4.19. The number of Topliss-reactive ketones (excluding diaryl/α,β-unsaturated/α-hetero) is 1. The molecule has 0 rings (SSSR count). The minimum Gasteiger partial charge on any atom is -0.298 e. The van der Waals surface area contributed by atoms with Crippen LogP contribution >= 0.6 is 0 Å². The Kier molecular flexibility index (Phi) is 6.00. The molecule has 0 atom stereocenters. The fourth-order valence-corrected chi connectivity index (χ4v) is 1.68. The Morgan fingerprint density at radius 1 is 1.13 bits per heavy atom. The van der Waals surface area contributed by atoms with Crippen molar-refractivity contribution in [2.75, 3.05) is 13.1 Å². The van der Waals surface area contributed by atoms with E-state index in [0.29, 0.717) is 6.54 Å². The van der Waals surface area contributed by atoms with E-state index < -0.39 is 10.2 Å². The average molecular weight is 236 g/mol. The predicted molar refractivity (Wildman–Crippen MR) is 59.6 cm³/mol. The van der Waals surface area contributed by atoms with E-state index in [2.05, 4.69) is 9.44 Å². The van der Waals surface area contributed by atoms with E-state index in [-0.39, 0.29) is 24.2 Å². The third-order valence-electron chi connectivity index (χ3n) is 1.76.